The van der Waals surface area contributed by atoms with Crippen LogP contribution < -0.4 is 5.32 Å². The van der Waals surface area contributed by atoms with Crippen molar-refractivity contribution in [1.29, 1.82) is 0 Å². The van der Waals surface area contributed by atoms with Gasteiger partial charge in [-0.2, -0.15) is 0 Å². The van der Waals surface area contributed by atoms with Crippen LogP contribution in [0.2, 0.25) is 10.0 Å². The minimum Gasteiger partial charge on any atom is -0.338 e. The topological polar surface area (TPSA) is 101 Å². The highest BCUT2D eigenvalue weighted by atomic mass is 35.5. The molecule has 1 aromatic carbocycles. The van der Waals surface area contributed by atoms with Gasteiger partial charge >= 0.3 is 0 Å². The highest BCUT2D eigenvalue weighted by molar-refractivity contribution is 7.92. The van der Waals surface area contributed by atoms with Crippen LogP contribution in [0.25, 0.3) is 33.9 Å². The first-order valence-electron chi connectivity index (χ1n) is 9.77. The highest BCUT2D eigenvalue weighted by Crippen LogP contribution is 2.44. The quantitative estimate of drug-likeness (QED) is 0.337. The average Bonchev–Trinajstić information content (AvgIpc) is 3.13. The molecule has 0 unspecified atom stereocenters. The van der Waals surface area contributed by atoms with Crippen LogP contribution in [0.1, 0.15) is 13.8 Å². The molecule has 4 heterocycles. The third-order valence-corrected chi connectivity index (χ3v) is 8.04. The molecule has 1 aliphatic heterocycles. The second-order valence-electron chi connectivity index (χ2n) is 7.61. The Morgan fingerprint density at radius 1 is 1.03 bits per heavy atom. The van der Waals surface area contributed by atoms with Crippen molar-refractivity contribution in [2.45, 2.75) is 24.0 Å². The van der Waals surface area contributed by atoms with E-state index in [2.05, 4.69) is 20.3 Å². The molecule has 32 heavy (non-hydrogen) atoms. The predicted octanol–water partition coefficient (Wildman–Crippen LogP) is 5.75. The molecule has 0 saturated heterocycles. The standard InChI is InChI=1S/C22H17Cl2N5O2S/c1-11(2)32(30,31)12-8-15(23)18(16(24)9-12)22-28-19-13-5-7-25-10-17(13)27-21-14(20(19)29-22)4-3-6-26-21/h3-11H,1-2H3,(H,26,27)(H,28,29). The summed E-state index contributed by atoms with van der Waals surface area (Å²) in [5, 5.41) is 3.09. The summed E-state index contributed by atoms with van der Waals surface area (Å²) in [6.07, 6.45) is 5.11. The van der Waals surface area contributed by atoms with Crippen molar-refractivity contribution in [2.24, 2.45) is 0 Å². The summed E-state index contributed by atoms with van der Waals surface area (Å²) in [4.78, 5) is 16.8. The van der Waals surface area contributed by atoms with E-state index in [0.717, 1.165) is 22.5 Å². The zero-order valence-electron chi connectivity index (χ0n) is 17.0. The van der Waals surface area contributed by atoms with E-state index in [4.69, 9.17) is 28.2 Å². The van der Waals surface area contributed by atoms with Gasteiger partial charge in [-0.15, -0.1) is 0 Å². The molecule has 3 aromatic heterocycles. The van der Waals surface area contributed by atoms with Gasteiger partial charge in [0.1, 0.15) is 17.3 Å². The monoisotopic (exact) mass is 485 g/mol. The Balaban J connectivity index is 1.74. The molecule has 162 valence electrons. The van der Waals surface area contributed by atoms with Crippen LogP contribution in [-0.2, 0) is 9.84 Å². The summed E-state index contributed by atoms with van der Waals surface area (Å²) in [6.45, 7) is 3.22. The molecule has 0 bridgehead atoms. The maximum absolute atomic E-state index is 12.6. The summed E-state index contributed by atoms with van der Waals surface area (Å²) < 4.78 is 25.2. The lowest BCUT2D eigenvalue weighted by Crippen LogP contribution is -2.14. The lowest BCUT2D eigenvalue weighted by atomic mass is 10.1. The number of anilines is 2. The number of hydrogen-bond donors (Lipinski definition) is 2. The highest BCUT2D eigenvalue weighted by Gasteiger charge is 2.27. The molecule has 1 aliphatic rings. The number of aromatic amines is 1. The number of imidazole rings is 1. The lowest BCUT2D eigenvalue weighted by Gasteiger charge is -2.12. The molecular formula is C22H17Cl2N5O2S. The van der Waals surface area contributed by atoms with E-state index >= 15 is 0 Å². The Hall–Kier alpha value is -2.94. The fourth-order valence-electron chi connectivity index (χ4n) is 3.63. The molecule has 0 saturated carbocycles. The van der Waals surface area contributed by atoms with Crippen molar-refractivity contribution in [3.63, 3.8) is 0 Å². The van der Waals surface area contributed by atoms with Crippen LogP contribution in [0.4, 0.5) is 11.5 Å². The summed E-state index contributed by atoms with van der Waals surface area (Å²) in [7, 11) is -3.53. The SMILES string of the molecule is CC(C)S(=O)(=O)c1cc(Cl)c(-c2nc3c([nH]2)-c2ccncc2Nc2ncccc2-3)c(Cl)c1. The Morgan fingerprint density at radius 3 is 2.50 bits per heavy atom. The molecule has 0 atom stereocenters. The van der Waals surface area contributed by atoms with E-state index in [9.17, 15) is 8.42 Å². The number of nitrogens with one attached hydrogen (secondary N) is 2. The number of H-pyrrole nitrogens is 1. The first-order valence-corrected chi connectivity index (χ1v) is 12.1. The van der Waals surface area contributed by atoms with Crippen molar-refractivity contribution in [2.75, 3.05) is 5.32 Å². The average molecular weight is 486 g/mol. The van der Waals surface area contributed by atoms with Gasteiger partial charge in [-0.05, 0) is 44.2 Å². The van der Waals surface area contributed by atoms with Crippen molar-refractivity contribution in [1.82, 2.24) is 19.9 Å². The van der Waals surface area contributed by atoms with Crippen molar-refractivity contribution >= 4 is 44.5 Å². The number of nitrogens with zero attached hydrogens (tertiary/aromatic N) is 3. The van der Waals surface area contributed by atoms with E-state index in [1.807, 2.05) is 18.2 Å². The fourth-order valence-corrected chi connectivity index (χ4v) is 5.53. The molecular weight excluding hydrogens is 469 g/mol. The molecule has 10 heteroatoms. The summed E-state index contributed by atoms with van der Waals surface area (Å²) in [6, 6.07) is 8.45. The summed E-state index contributed by atoms with van der Waals surface area (Å²) >= 11 is 13.1. The van der Waals surface area contributed by atoms with Crippen LogP contribution in [-0.4, -0.2) is 33.6 Å². The zero-order valence-corrected chi connectivity index (χ0v) is 19.3. The smallest absolute Gasteiger partial charge is 0.180 e. The van der Waals surface area contributed by atoms with Gasteiger partial charge in [0.25, 0.3) is 0 Å². The first-order chi connectivity index (χ1) is 15.3. The minimum absolute atomic E-state index is 0.0783. The summed E-state index contributed by atoms with van der Waals surface area (Å²) in [5.74, 6) is 1.08. The Bertz CT molecular complexity index is 1400. The number of halogens is 2. The molecule has 0 amide bonds. The van der Waals surface area contributed by atoms with Gasteiger partial charge in [-0.1, -0.05) is 23.2 Å². The van der Waals surface area contributed by atoms with Gasteiger partial charge in [0.05, 0.1) is 43.3 Å². The minimum atomic E-state index is -3.53. The fraction of sp³-hybridized carbons (Fsp3) is 0.136. The van der Waals surface area contributed by atoms with Gasteiger partial charge in [0.15, 0.2) is 9.84 Å². The van der Waals surface area contributed by atoms with E-state index in [1.54, 1.807) is 32.4 Å². The van der Waals surface area contributed by atoms with Crippen molar-refractivity contribution < 1.29 is 8.42 Å². The third-order valence-electron chi connectivity index (χ3n) is 5.31. The molecule has 0 fully saturated rings. The molecule has 5 rings (SSSR count). The number of aromatic nitrogens is 4. The maximum atomic E-state index is 12.6. The number of fused-ring (bicyclic) bond motifs is 5. The number of benzene rings is 1. The van der Waals surface area contributed by atoms with Gasteiger partial charge in [-0.3, -0.25) is 4.98 Å². The molecule has 4 aromatic rings. The number of pyridine rings is 2. The van der Waals surface area contributed by atoms with E-state index in [1.165, 1.54) is 12.1 Å². The number of rotatable bonds is 3. The van der Waals surface area contributed by atoms with Gasteiger partial charge in [0, 0.05) is 23.5 Å². The van der Waals surface area contributed by atoms with Crippen molar-refractivity contribution in [3.8, 4) is 33.9 Å². The van der Waals surface area contributed by atoms with Gasteiger partial charge in [0.2, 0.25) is 0 Å². The molecule has 0 radical (unpaired) electrons. The van der Waals surface area contributed by atoms with E-state index in [0.29, 0.717) is 22.9 Å². The van der Waals surface area contributed by atoms with Crippen LogP contribution in [0, 0.1) is 0 Å². The Kier molecular flexibility index (Phi) is 4.96. The lowest BCUT2D eigenvalue weighted by molar-refractivity contribution is 0.587. The molecule has 2 N–H and O–H groups in total. The van der Waals surface area contributed by atoms with Gasteiger partial charge in [-0.25, -0.2) is 18.4 Å². The maximum Gasteiger partial charge on any atom is 0.180 e. The molecule has 0 spiro atoms. The second kappa shape index (κ2) is 7.58. The Morgan fingerprint density at radius 2 is 1.78 bits per heavy atom. The molecule has 0 aliphatic carbocycles. The van der Waals surface area contributed by atoms with Crippen LogP contribution in [0.3, 0.4) is 0 Å². The largest absolute Gasteiger partial charge is 0.338 e. The third kappa shape index (κ3) is 3.26. The normalized spacial score (nSPS) is 12.5. The predicted molar refractivity (Wildman–Crippen MR) is 126 cm³/mol. The molecule has 7 nitrogen and oxygen atoms in total. The van der Waals surface area contributed by atoms with Crippen LogP contribution >= 0.6 is 23.2 Å². The van der Waals surface area contributed by atoms with Crippen LogP contribution in [0.5, 0.6) is 0 Å². The van der Waals surface area contributed by atoms with Gasteiger partial charge < -0.3 is 10.3 Å². The number of sulfone groups is 1. The Labute approximate surface area is 194 Å². The first kappa shape index (κ1) is 20.9. The van der Waals surface area contributed by atoms with E-state index < -0.39 is 15.1 Å². The van der Waals surface area contributed by atoms with E-state index in [-0.39, 0.29) is 14.9 Å². The van der Waals surface area contributed by atoms with Crippen LogP contribution in [0.15, 0.2) is 53.8 Å². The van der Waals surface area contributed by atoms with Crippen molar-refractivity contribution in [3.05, 3.63) is 59.0 Å². The zero-order chi connectivity index (χ0) is 22.6. The summed E-state index contributed by atoms with van der Waals surface area (Å²) in [5.41, 5.74) is 4.29. The second-order valence-corrected chi connectivity index (χ2v) is 10.9. The number of hydrogen-bond acceptors (Lipinski definition) is 6.